The van der Waals surface area contributed by atoms with Gasteiger partial charge in [-0.05, 0) is 19.4 Å². The SMILES string of the molecule is Nc1cc(C(F)(F)F)nn1C[C@H]1CCCN1. The summed E-state index contributed by atoms with van der Waals surface area (Å²) in [6.45, 7) is 1.29. The van der Waals surface area contributed by atoms with Crippen molar-refractivity contribution in [3.63, 3.8) is 0 Å². The molecule has 16 heavy (non-hydrogen) atoms. The quantitative estimate of drug-likeness (QED) is 0.809. The Balaban J connectivity index is 2.12. The second-order valence-corrected chi connectivity index (χ2v) is 3.93. The number of nitrogens with two attached hydrogens (primary N) is 1. The first-order valence-corrected chi connectivity index (χ1v) is 5.11. The van der Waals surface area contributed by atoms with E-state index in [1.54, 1.807) is 0 Å². The number of hydrogen-bond donors (Lipinski definition) is 2. The highest BCUT2D eigenvalue weighted by Gasteiger charge is 2.34. The van der Waals surface area contributed by atoms with E-state index in [0.717, 1.165) is 25.5 Å². The summed E-state index contributed by atoms with van der Waals surface area (Å²) in [6.07, 6.45) is -2.44. The molecule has 0 amide bonds. The molecule has 0 spiro atoms. The molecular weight excluding hydrogens is 221 g/mol. The van der Waals surface area contributed by atoms with Crippen LogP contribution in [0.4, 0.5) is 19.0 Å². The molecule has 2 rings (SSSR count). The molecule has 3 N–H and O–H groups in total. The van der Waals surface area contributed by atoms with Crippen molar-refractivity contribution in [1.29, 1.82) is 0 Å². The minimum absolute atomic E-state index is 0.0565. The second-order valence-electron chi connectivity index (χ2n) is 3.93. The number of alkyl halides is 3. The largest absolute Gasteiger partial charge is 0.435 e. The molecule has 2 heterocycles. The van der Waals surface area contributed by atoms with E-state index in [-0.39, 0.29) is 11.9 Å². The van der Waals surface area contributed by atoms with Crippen LogP contribution in [0.15, 0.2) is 6.07 Å². The van der Waals surface area contributed by atoms with Crippen LogP contribution in [0.25, 0.3) is 0 Å². The van der Waals surface area contributed by atoms with Crippen molar-refractivity contribution in [2.24, 2.45) is 0 Å². The normalized spacial score (nSPS) is 21.6. The van der Waals surface area contributed by atoms with Gasteiger partial charge >= 0.3 is 6.18 Å². The van der Waals surface area contributed by atoms with Crippen molar-refractivity contribution < 1.29 is 13.2 Å². The third-order valence-electron chi connectivity index (χ3n) is 2.66. The summed E-state index contributed by atoms with van der Waals surface area (Å²) >= 11 is 0. The Labute approximate surface area is 90.6 Å². The zero-order chi connectivity index (χ0) is 11.8. The highest BCUT2D eigenvalue weighted by atomic mass is 19.4. The Bertz CT molecular complexity index is 365. The lowest BCUT2D eigenvalue weighted by molar-refractivity contribution is -0.141. The van der Waals surface area contributed by atoms with Gasteiger partial charge < -0.3 is 11.1 Å². The summed E-state index contributed by atoms with van der Waals surface area (Å²) in [5, 5.41) is 6.65. The molecule has 1 aliphatic heterocycles. The Morgan fingerprint density at radius 3 is 2.81 bits per heavy atom. The zero-order valence-corrected chi connectivity index (χ0v) is 8.59. The van der Waals surface area contributed by atoms with E-state index in [0.29, 0.717) is 6.54 Å². The molecule has 1 aliphatic rings. The van der Waals surface area contributed by atoms with Gasteiger partial charge in [0.15, 0.2) is 5.69 Å². The van der Waals surface area contributed by atoms with Crippen LogP contribution in [0.5, 0.6) is 0 Å². The fraction of sp³-hybridized carbons (Fsp3) is 0.667. The maximum Gasteiger partial charge on any atom is 0.435 e. The van der Waals surface area contributed by atoms with Gasteiger partial charge in [-0.3, -0.25) is 0 Å². The van der Waals surface area contributed by atoms with Crippen LogP contribution in [0.1, 0.15) is 18.5 Å². The molecular formula is C9H13F3N4. The van der Waals surface area contributed by atoms with Crippen molar-refractivity contribution in [1.82, 2.24) is 15.1 Å². The smallest absolute Gasteiger partial charge is 0.384 e. The summed E-state index contributed by atoms with van der Waals surface area (Å²) in [5.41, 5.74) is 4.56. The highest BCUT2D eigenvalue weighted by molar-refractivity contribution is 5.32. The van der Waals surface area contributed by atoms with E-state index in [4.69, 9.17) is 5.73 Å². The summed E-state index contributed by atoms with van der Waals surface area (Å²) in [4.78, 5) is 0. The number of rotatable bonds is 2. The number of nitrogen functional groups attached to an aromatic ring is 1. The van der Waals surface area contributed by atoms with Gasteiger partial charge in [0.2, 0.25) is 0 Å². The first kappa shape index (κ1) is 11.3. The predicted molar refractivity (Wildman–Crippen MR) is 52.7 cm³/mol. The molecule has 1 aromatic rings. The van der Waals surface area contributed by atoms with Crippen LogP contribution in [0.3, 0.4) is 0 Å². The Hall–Kier alpha value is -1.24. The van der Waals surface area contributed by atoms with Gasteiger partial charge in [0.1, 0.15) is 5.82 Å². The van der Waals surface area contributed by atoms with Crippen LogP contribution >= 0.6 is 0 Å². The van der Waals surface area contributed by atoms with Gasteiger partial charge in [0, 0.05) is 12.1 Å². The van der Waals surface area contributed by atoms with Gasteiger partial charge in [-0.15, -0.1) is 0 Å². The van der Waals surface area contributed by atoms with Crippen LogP contribution in [0.2, 0.25) is 0 Å². The van der Waals surface area contributed by atoms with Gasteiger partial charge in [-0.1, -0.05) is 0 Å². The molecule has 1 atom stereocenters. The first-order chi connectivity index (χ1) is 7.47. The molecule has 90 valence electrons. The molecule has 4 nitrogen and oxygen atoms in total. The van der Waals surface area contributed by atoms with E-state index in [1.807, 2.05) is 0 Å². The topological polar surface area (TPSA) is 55.9 Å². The first-order valence-electron chi connectivity index (χ1n) is 5.11. The van der Waals surface area contributed by atoms with Crippen molar-refractivity contribution in [2.75, 3.05) is 12.3 Å². The van der Waals surface area contributed by atoms with Gasteiger partial charge in [0.05, 0.1) is 6.54 Å². The number of hydrogen-bond acceptors (Lipinski definition) is 3. The lowest BCUT2D eigenvalue weighted by Crippen LogP contribution is -2.28. The Kier molecular flexibility index (Phi) is 2.79. The summed E-state index contributed by atoms with van der Waals surface area (Å²) in [5.74, 6) is 0.0565. The Morgan fingerprint density at radius 2 is 2.31 bits per heavy atom. The number of halogens is 3. The van der Waals surface area contributed by atoms with E-state index in [9.17, 15) is 13.2 Å². The average Bonchev–Trinajstić information content (AvgIpc) is 2.76. The molecule has 1 fully saturated rings. The van der Waals surface area contributed by atoms with E-state index < -0.39 is 11.9 Å². The number of anilines is 1. The zero-order valence-electron chi connectivity index (χ0n) is 8.59. The van der Waals surface area contributed by atoms with Crippen LogP contribution in [-0.4, -0.2) is 22.4 Å². The van der Waals surface area contributed by atoms with Gasteiger partial charge in [-0.2, -0.15) is 18.3 Å². The van der Waals surface area contributed by atoms with Crippen molar-refractivity contribution >= 4 is 5.82 Å². The molecule has 0 aliphatic carbocycles. The summed E-state index contributed by atoms with van der Waals surface area (Å²) in [6, 6.07) is 1.04. The maximum absolute atomic E-state index is 12.3. The number of aromatic nitrogens is 2. The van der Waals surface area contributed by atoms with Crippen molar-refractivity contribution in [3.05, 3.63) is 11.8 Å². The second kappa shape index (κ2) is 3.97. The fourth-order valence-corrected chi connectivity index (χ4v) is 1.84. The molecule has 0 unspecified atom stereocenters. The molecule has 1 aromatic heterocycles. The van der Waals surface area contributed by atoms with Gasteiger partial charge in [-0.25, -0.2) is 4.68 Å². The van der Waals surface area contributed by atoms with Crippen molar-refractivity contribution in [3.8, 4) is 0 Å². The third kappa shape index (κ3) is 2.29. The lowest BCUT2D eigenvalue weighted by atomic mass is 10.2. The molecule has 7 heteroatoms. The van der Waals surface area contributed by atoms with E-state index in [2.05, 4.69) is 10.4 Å². The predicted octanol–water partition coefficient (Wildman–Crippen LogP) is 1.24. The molecule has 0 bridgehead atoms. The third-order valence-corrected chi connectivity index (χ3v) is 2.66. The molecule has 0 aromatic carbocycles. The van der Waals surface area contributed by atoms with Crippen LogP contribution in [0, 0.1) is 0 Å². The van der Waals surface area contributed by atoms with Crippen molar-refractivity contribution in [2.45, 2.75) is 31.6 Å². The minimum atomic E-state index is -4.43. The standard InChI is InChI=1S/C9H13F3N4/c10-9(11,12)7-4-8(13)16(15-7)5-6-2-1-3-14-6/h4,6,14H,1-3,5,13H2/t6-/m1/s1. The maximum atomic E-state index is 12.3. The minimum Gasteiger partial charge on any atom is -0.384 e. The van der Waals surface area contributed by atoms with E-state index >= 15 is 0 Å². The number of nitrogens with zero attached hydrogens (tertiary/aromatic N) is 2. The fourth-order valence-electron chi connectivity index (χ4n) is 1.84. The number of nitrogens with one attached hydrogen (secondary N) is 1. The molecule has 0 radical (unpaired) electrons. The Morgan fingerprint density at radius 1 is 1.56 bits per heavy atom. The summed E-state index contributed by atoms with van der Waals surface area (Å²) < 4.78 is 38.3. The lowest BCUT2D eigenvalue weighted by Gasteiger charge is -2.11. The van der Waals surface area contributed by atoms with Gasteiger partial charge in [0.25, 0.3) is 0 Å². The summed E-state index contributed by atoms with van der Waals surface area (Å²) in [7, 11) is 0. The van der Waals surface area contributed by atoms with Crippen LogP contribution < -0.4 is 11.1 Å². The van der Waals surface area contributed by atoms with E-state index in [1.165, 1.54) is 4.68 Å². The monoisotopic (exact) mass is 234 g/mol. The van der Waals surface area contributed by atoms with Crippen LogP contribution in [-0.2, 0) is 12.7 Å². The average molecular weight is 234 g/mol. The molecule has 1 saturated heterocycles. The molecule has 0 saturated carbocycles. The highest BCUT2D eigenvalue weighted by Crippen LogP contribution is 2.29.